The van der Waals surface area contributed by atoms with Crippen LogP contribution >= 0.6 is 0 Å². The van der Waals surface area contributed by atoms with E-state index in [9.17, 15) is 4.79 Å². The molecule has 0 saturated carbocycles. The molecule has 30 heavy (non-hydrogen) atoms. The molecule has 1 amide bonds. The van der Waals surface area contributed by atoms with Crippen molar-refractivity contribution in [2.24, 2.45) is 5.73 Å². The van der Waals surface area contributed by atoms with E-state index in [4.69, 9.17) is 19.9 Å². The quantitative estimate of drug-likeness (QED) is 0.681. The maximum Gasteiger partial charge on any atom is 0.248 e. The van der Waals surface area contributed by atoms with Crippen molar-refractivity contribution in [3.63, 3.8) is 0 Å². The van der Waals surface area contributed by atoms with Gasteiger partial charge in [0.05, 0.1) is 12.8 Å². The standard InChI is InChI=1S/C20H20N6O4/c1-25-8-7-12-9-14-17(30-10-29-14)18(28-2)15(12)16(25)20-22-23-24-26(20)13-5-3-11(4-6-13)19(21)27/h3-6,9,16H,7-8,10H2,1-2H3,(H2,21,27)/t16-/m1/s1. The largest absolute Gasteiger partial charge is 0.492 e. The Labute approximate surface area is 172 Å². The summed E-state index contributed by atoms with van der Waals surface area (Å²) in [6.45, 7) is 0.979. The number of carbonyl (C=O) groups excluding carboxylic acids is 1. The molecule has 1 aromatic heterocycles. The number of likely N-dealkylation sites (N-methyl/N-ethyl adjacent to an activating group) is 1. The summed E-state index contributed by atoms with van der Waals surface area (Å²) in [6.07, 6.45) is 0.838. The fraction of sp³-hybridized carbons (Fsp3) is 0.300. The van der Waals surface area contributed by atoms with E-state index >= 15 is 0 Å². The lowest BCUT2D eigenvalue weighted by Crippen LogP contribution is -2.35. The van der Waals surface area contributed by atoms with E-state index in [-0.39, 0.29) is 12.8 Å². The van der Waals surface area contributed by atoms with Crippen LogP contribution in [0.5, 0.6) is 17.2 Å². The van der Waals surface area contributed by atoms with Gasteiger partial charge in [0.15, 0.2) is 17.3 Å². The van der Waals surface area contributed by atoms with Gasteiger partial charge in [0.25, 0.3) is 0 Å². The van der Waals surface area contributed by atoms with E-state index in [2.05, 4.69) is 20.4 Å². The number of benzene rings is 2. The van der Waals surface area contributed by atoms with Gasteiger partial charge in [-0.3, -0.25) is 9.69 Å². The molecule has 2 aromatic carbocycles. The molecule has 2 aliphatic heterocycles. The number of fused-ring (bicyclic) bond motifs is 2. The number of carbonyl (C=O) groups is 1. The number of nitrogens with zero attached hydrogens (tertiary/aromatic N) is 5. The summed E-state index contributed by atoms with van der Waals surface area (Å²) in [5, 5.41) is 12.4. The first-order valence-corrected chi connectivity index (χ1v) is 9.46. The third kappa shape index (κ3) is 2.76. The number of primary amides is 1. The van der Waals surface area contributed by atoms with Crippen molar-refractivity contribution in [2.45, 2.75) is 12.5 Å². The lowest BCUT2D eigenvalue weighted by Gasteiger charge is -2.34. The third-order valence-electron chi connectivity index (χ3n) is 5.53. The highest BCUT2D eigenvalue weighted by Crippen LogP contribution is 2.50. The average molecular weight is 408 g/mol. The number of hydrogen-bond donors (Lipinski definition) is 1. The summed E-state index contributed by atoms with van der Waals surface area (Å²) in [5.74, 6) is 2.06. The Hall–Kier alpha value is -3.66. The van der Waals surface area contributed by atoms with Gasteiger partial charge >= 0.3 is 0 Å². The molecule has 1 atom stereocenters. The van der Waals surface area contributed by atoms with Crippen LogP contribution in [0.1, 0.15) is 33.4 Å². The van der Waals surface area contributed by atoms with E-state index in [0.717, 1.165) is 29.8 Å². The molecule has 0 radical (unpaired) electrons. The van der Waals surface area contributed by atoms with Crippen molar-refractivity contribution in [3.8, 4) is 22.9 Å². The lowest BCUT2D eigenvalue weighted by atomic mass is 9.90. The molecule has 0 spiro atoms. The topological polar surface area (TPSA) is 118 Å². The second kappa shape index (κ2) is 6.99. The normalized spacial score (nSPS) is 17.6. The second-order valence-electron chi connectivity index (χ2n) is 7.21. The fourth-order valence-electron chi connectivity index (χ4n) is 4.07. The van der Waals surface area contributed by atoms with Gasteiger partial charge in [0, 0.05) is 17.7 Å². The zero-order chi connectivity index (χ0) is 20.8. The molecule has 0 bridgehead atoms. The summed E-state index contributed by atoms with van der Waals surface area (Å²) >= 11 is 0. The summed E-state index contributed by atoms with van der Waals surface area (Å²) in [6, 6.07) is 8.58. The zero-order valence-corrected chi connectivity index (χ0v) is 16.5. The van der Waals surface area contributed by atoms with Crippen LogP contribution in [-0.4, -0.2) is 58.5 Å². The summed E-state index contributed by atoms with van der Waals surface area (Å²) in [5.41, 5.74) is 8.56. The van der Waals surface area contributed by atoms with Gasteiger partial charge in [-0.2, -0.15) is 4.68 Å². The fourth-order valence-corrected chi connectivity index (χ4v) is 4.07. The first-order valence-electron chi connectivity index (χ1n) is 9.46. The highest BCUT2D eigenvalue weighted by molar-refractivity contribution is 5.92. The van der Waals surface area contributed by atoms with Crippen molar-refractivity contribution in [1.82, 2.24) is 25.1 Å². The van der Waals surface area contributed by atoms with Crippen LogP contribution in [0.25, 0.3) is 5.69 Å². The van der Waals surface area contributed by atoms with Crippen molar-refractivity contribution >= 4 is 5.91 Å². The zero-order valence-electron chi connectivity index (χ0n) is 16.5. The molecule has 10 nitrogen and oxygen atoms in total. The smallest absolute Gasteiger partial charge is 0.248 e. The van der Waals surface area contributed by atoms with Crippen molar-refractivity contribution in [3.05, 3.63) is 52.8 Å². The highest BCUT2D eigenvalue weighted by Gasteiger charge is 2.37. The van der Waals surface area contributed by atoms with Crippen molar-refractivity contribution < 1.29 is 19.0 Å². The minimum Gasteiger partial charge on any atom is -0.492 e. The Balaban J connectivity index is 1.65. The highest BCUT2D eigenvalue weighted by atomic mass is 16.7. The van der Waals surface area contributed by atoms with Gasteiger partial charge in [-0.1, -0.05) is 0 Å². The molecule has 2 N–H and O–H groups in total. The number of amides is 1. The van der Waals surface area contributed by atoms with Crippen LogP contribution in [0.3, 0.4) is 0 Å². The maximum atomic E-state index is 11.4. The van der Waals surface area contributed by atoms with Crippen LogP contribution in [0, 0.1) is 0 Å². The first kappa shape index (κ1) is 18.4. The third-order valence-corrected chi connectivity index (χ3v) is 5.53. The van der Waals surface area contributed by atoms with E-state index in [0.29, 0.717) is 28.6 Å². The predicted molar refractivity (Wildman–Crippen MR) is 105 cm³/mol. The summed E-state index contributed by atoms with van der Waals surface area (Å²) in [4.78, 5) is 13.6. The second-order valence-corrected chi connectivity index (χ2v) is 7.21. The number of tetrazole rings is 1. The Bertz CT molecular complexity index is 1130. The number of methoxy groups -OCH3 is 1. The van der Waals surface area contributed by atoms with E-state index in [1.165, 1.54) is 0 Å². The number of nitrogens with two attached hydrogens (primary N) is 1. The molecular weight excluding hydrogens is 388 g/mol. The van der Waals surface area contributed by atoms with Gasteiger partial charge < -0.3 is 19.9 Å². The van der Waals surface area contributed by atoms with Crippen LogP contribution in [0.4, 0.5) is 0 Å². The van der Waals surface area contributed by atoms with Gasteiger partial charge in [-0.15, -0.1) is 5.10 Å². The van der Waals surface area contributed by atoms with Gasteiger partial charge in [0.1, 0.15) is 6.04 Å². The molecule has 154 valence electrons. The molecule has 0 aliphatic carbocycles. The first-order chi connectivity index (χ1) is 14.6. The van der Waals surface area contributed by atoms with Crippen molar-refractivity contribution in [1.29, 1.82) is 0 Å². The minimum atomic E-state index is -0.486. The molecule has 5 rings (SSSR count). The SMILES string of the molecule is COc1c2c(cc3c1[C@H](c1nnnn1-c1ccc(C(N)=O)cc1)N(C)CC3)OCO2. The Morgan fingerprint density at radius 3 is 2.80 bits per heavy atom. The molecule has 0 unspecified atom stereocenters. The van der Waals surface area contributed by atoms with Gasteiger partial charge in [-0.05, 0) is 59.8 Å². The minimum absolute atomic E-state index is 0.166. The Kier molecular flexibility index (Phi) is 4.28. The number of aromatic nitrogens is 4. The average Bonchev–Trinajstić information content (AvgIpc) is 3.41. The van der Waals surface area contributed by atoms with Crippen LogP contribution in [0.15, 0.2) is 30.3 Å². The van der Waals surface area contributed by atoms with Crippen LogP contribution in [0.2, 0.25) is 0 Å². The Morgan fingerprint density at radius 1 is 1.27 bits per heavy atom. The summed E-state index contributed by atoms with van der Waals surface area (Å²) in [7, 11) is 3.64. The molecule has 2 aliphatic rings. The summed E-state index contributed by atoms with van der Waals surface area (Å²) < 4.78 is 18.7. The molecule has 0 saturated heterocycles. The van der Waals surface area contributed by atoms with E-state index in [1.54, 1.807) is 36.1 Å². The van der Waals surface area contributed by atoms with E-state index < -0.39 is 5.91 Å². The molecule has 10 heteroatoms. The van der Waals surface area contributed by atoms with Gasteiger partial charge in [0.2, 0.25) is 18.4 Å². The number of ether oxygens (including phenoxy) is 3. The lowest BCUT2D eigenvalue weighted by molar-refractivity contribution is 0.100. The number of rotatable bonds is 4. The number of hydrogen-bond acceptors (Lipinski definition) is 8. The predicted octanol–water partition coefficient (Wildman–Crippen LogP) is 1.08. The molecule has 3 aromatic rings. The van der Waals surface area contributed by atoms with Crippen LogP contribution in [-0.2, 0) is 6.42 Å². The molecule has 0 fully saturated rings. The van der Waals surface area contributed by atoms with Crippen molar-refractivity contribution in [2.75, 3.05) is 27.5 Å². The Morgan fingerprint density at radius 2 is 2.07 bits per heavy atom. The van der Waals surface area contributed by atoms with E-state index in [1.807, 2.05) is 13.1 Å². The molecular formula is C20H20N6O4. The monoisotopic (exact) mass is 408 g/mol. The van der Waals surface area contributed by atoms with Gasteiger partial charge in [-0.25, -0.2) is 0 Å². The maximum absolute atomic E-state index is 11.4. The van der Waals surface area contributed by atoms with Crippen LogP contribution < -0.4 is 19.9 Å². The molecule has 3 heterocycles.